The van der Waals surface area contributed by atoms with Crippen LogP contribution < -0.4 is 20.1 Å². The van der Waals surface area contributed by atoms with Crippen LogP contribution >= 0.6 is 0 Å². The lowest BCUT2D eigenvalue weighted by Gasteiger charge is -2.28. The van der Waals surface area contributed by atoms with E-state index in [1.807, 2.05) is 31.2 Å². The summed E-state index contributed by atoms with van der Waals surface area (Å²) in [5.74, 6) is -0.104. The maximum absolute atomic E-state index is 12.7. The van der Waals surface area contributed by atoms with Gasteiger partial charge in [0.05, 0.1) is 56.2 Å². The van der Waals surface area contributed by atoms with E-state index in [0.29, 0.717) is 61.2 Å². The summed E-state index contributed by atoms with van der Waals surface area (Å²) in [6.07, 6.45) is -1.11. The number of rotatable bonds is 17. The van der Waals surface area contributed by atoms with E-state index in [4.69, 9.17) is 14.2 Å². The number of ether oxygens (including phenoxy) is 3. The zero-order chi connectivity index (χ0) is 30.1. The maximum Gasteiger partial charge on any atom is 0.251 e. The Labute approximate surface area is 243 Å². The number of benzene rings is 2. The van der Waals surface area contributed by atoms with Crippen molar-refractivity contribution < 1.29 is 44.2 Å². The van der Waals surface area contributed by atoms with Gasteiger partial charge in [0, 0.05) is 6.54 Å². The molecule has 2 atom stereocenters. The van der Waals surface area contributed by atoms with Gasteiger partial charge in [-0.2, -0.15) is 0 Å². The van der Waals surface area contributed by atoms with Crippen molar-refractivity contribution in [1.82, 2.24) is 14.9 Å². The lowest BCUT2D eigenvalue weighted by atomic mass is 10.0. The molecule has 0 saturated carbocycles. The summed E-state index contributed by atoms with van der Waals surface area (Å²) in [5.41, 5.74) is 0.870. The Bertz CT molecular complexity index is 1350. The van der Waals surface area contributed by atoms with E-state index in [2.05, 4.69) is 15.6 Å². The molecule has 2 aromatic carbocycles. The van der Waals surface area contributed by atoms with Gasteiger partial charge in [0.1, 0.15) is 6.10 Å². The van der Waals surface area contributed by atoms with Crippen LogP contribution in [0.3, 0.4) is 0 Å². The topological polar surface area (TPSA) is 185 Å². The number of carbonyl (C=O) groups excluding carboxylic acids is 2. The highest BCUT2D eigenvalue weighted by Gasteiger charge is 2.44. The van der Waals surface area contributed by atoms with Crippen LogP contribution in [0.15, 0.2) is 42.5 Å². The second-order valence-electron chi connectivity index (χ2n) is 10.0. The Balaban J connectivity index is 1.48. The number of hydrogen-bond acceptors (Lipinski definition) is 12. The number of aromatic nitrogens is 2. The molecule has 0 amide bonds. The van der Waals surface area contributed by atoms with E-state index in [9.17, 15) is 30.0 Å². The Kier molecular flexibility index (Phi) is 10.8. The van der Waals surface area contributed by atoms with Gasteiger partial charge in [-0.15, -0.1) is 0 Å². The number of anilines is 1. The monoisotopic (exact) mass is 586 g/mol. The van der Waals surface area contributed by atoms with Crippen LogP contribution in [0.1, 0.15) is 31.6 Å². The quantitative estimate of drug-likeness (QED) is 0.0954. The van der Waals surface area contributed by atoms with Crippen molar-refractivity contribution in [2.24, 2.45) is 0 Å². The average Bonchev–Trinajstić information content (AvgIpc) is 3.53. The molecule has 0 spiro atoms. The third kappa shape index (κ3) is 6.89. The van der Waals surface area contributed by atoms with E-state index in [-0.39, 0.29) is 0 Å². The summed E-state index contributed by atoms with van der Waals surface area (Å²) in [6.45, 7) is 1.70. The Hall–Kier alpha value is -3.59. The van der Waals surface area contributed by atoms with Crippen molar-refractivity contribution >= 4 is 28.5 Å². The normalized spacial score (nSPS) is 17.3. The molecular weight excluding hydrogens is 548 g/mol. The first-order chi connectivity index (χ1) is 20.4. The van der Waals surface area contributed by atoms with Crippen LogP contribution in [0, 0.1) is 0 Å². The third-order valence-corrected chi connectivity index (χ3v) is 6.96. The number of nitrogens with one attached hydrogen (secondary N) is 2. The van der Waals surface area contributed by atoms with Crippen molar-refractivity contribution in [3.8, 4) is 11.5 Å². The first kappa shape index (κ1) is 31.3. The second-order valence-corrected chi connectivity index (χ2v) is 10.0. The summed E-state index contributed by atoms with van der Waals surface area (Å²) in [7, 11) is 0. The number of carbonyl (C=O) groups is 2. The highest BCUT2D eigenvalue weighted by molar-refractivity contribution is 6.41. The first-order valence-electron chi connectivity index (χ1n) is 13.9. The third-order valence-electron chi connectivity index (χ3n) is 6.96. The van der Waals surface area contributed by atoms with Crippen LogP contribution in [0.2, 0.25) is 0 Å². The van der Waals surface area contributed by atoms with Gasteiger partial charge in [0.15, 0.2) is 11.5 Å². The van der Waals surface area contributed by atoms with Gasteiger partial charge >= 0.3 is 0 Å². The van der Waals surface area contributed by atoms with Crippen LogP contribution in [0.25, 0.3) is 11.0 Å². The molecule has 0 aliphatic carbocycles. The van der Waals surface area contributed by atoms with Gasteiger partial charge in [-0.3, -0.25) is 14.2 Å². The van der Waals surface area contributed by atoms with Gasteiger partial charge in [0.25, 0.3) is 5.78 Å². The van der Waals surface area contributed by atoms with E-state index in [0.717, 1.165) is 12.0 Å². The predicted octanol–water partition coefficient (Wildman–Crippen LogP) is 0.539. The van der Waals surface area contributed by atoms with E-state index in [1.165, 1.54) is 4.57 Å². The van der Waals surface area contributed by atoms with Crippen molar-refractivity contribution in [2.75, 3.05) is 51.5 Å². The van der Waals surface area contributed by atoms with Crippen molar-refractivity contribution in [3.05, 3.63) is 48.0 Å². The smallest absolute Gasteiger partial charge is 0.251 e. The molecule has 13 heteroatoms. The highest BCUT2D eigenvalue weighted by Crippen LogP contribution is 2.32. The molecule has 0 radical (unpaired) electrons. The molecule has 1 aliphatic heterocycles. The number of nitrogens with zero attached hydrogens (tertiary/aromatic N) is 2. The Morgan fingerprint density at radius 2 is 1.71 bits per heavy atom. The molecule has 1 saturated heterocycles. The molecule has 1 aliphatic rings. The zero-order valence-corrected chi connectivity index (χ0v) is 23.5. The number of para-hydroxylation sites is 2. The molecule has 42 heavy (non-hydrogen) atoms. The number of aliphatic hydroxyl groups excluding tert-OH is 4. The van der Waals surface area contributed by atoms with E-state index in [1.54, 1.807) is 18.2 Å². The van der Waals surface area contributed by atoms with Gasteiger partial charge in [-0.25, -0.2) is 4.98 Å². The lowest BCUT2D eigenvalue weighted by molar-refractivity contribution is -0.136. The number of hydrogen-bond donors (Lipinski definition) is 6. The van der Waals surface area contributed by atoms with Gasteiger partial charge in [-0.05, 0) is 49.2 Å². The lowest BCUT2D eigenvalue weighted by Crippen LogP contribution is -2.55. The fourth-order valence-electron chi connectivity index (χ4n) is 4.48. The number of Topliss-reactive ketones (excluding diaryl/α,β-unsaturated/α-hetero) is 2. The van der Waals surface area contributed by atoms with Gasteiger partial charge < -0.3 is 45.3 Å². The molecule has 0 bridgehead atoms. The Morgan fingerprint density at radius 1 is 0.976 bits per heavy atom. The molecule has 2 heterocycles. The fraction of sp³-hybridized carbons (Fsp3) is 0.483. The summed E-state index contributed by atoms with van der Waals surface area (Å²) in [5, 5.41) is 44.1. The van der Waals surface area contributed by atoms with Crippen LogP contribution in [-0.4, -0.2) is 99.4 Å². The van der Waals surface area contributed by atoms with E-state index < -0.39 is 55.9 Å². The molecule has 228 valence electrons. The highest BCUT2D eigenvalue weighted by atomic mass is 16.5. The molecule has 0 unspecified atom stereocenters. The van der Waals surface area contributed by atoms with E-state index >= 15 is 0 Å². The van der Waals surface area contributed by atoms with Crippen molar-refractivity contribution in [2.45, 2.75) is 44.2 Å². The molecule has 3 aromatic rings. The molecule has 4 rings (SSSR count). The van der Waals surface area contributed by atoms with Gasteiger partial charge in [0.2, 0.25) is 18.0 Å². The minimum absolute atomic E-state index is 0.291. The zero-order valence-electron chi connectivity index (χ0n) is 23.5. The maximum atomic E-state index is 12.7. The molecule has 1 fully saturated rings. The number of ketones is 2. The molecular formula is C29H38N4O9. The largest absolute Gasteiger partial charge is 0.490 e. The summed E-state index contributed by atoms with van der Waals surface area (Å²) in [4.78, 5) is 29.6. The van der Waals surface area contributed by atoms with Crippen LogP contribution in [0.5, 0.6) is 11.5 Å². The molecule has 6 N–H and O–H groups in total. The van der Waals surface area contributed by atoms with Gasteiger partial charge in [-0.1, -0.05) is 25.1 Å². The summed E-state index contributed by atoms with van der Waals surface area (Å²) < 4.78 is 19.0. The van der Waals surface area contributed by atoms with Crippen LogP contribution in [-0.2, 0) is 20.9 Å². The Morgan fingerprint density at radius 3 is 2.40 bits per heavy atom. The van der Waals surface area contributed by atoms with Crippen molar-refractivity contribution in [1.29, 1.82) is 0 Å². The number of imidazole rings is 1. The average molecular weight is 587 g/mol. The first-order valence-corrected chi connectivity index (χ1v) is 13.9. The minimum atomic E-state index is -1.25. The number of aliphatic hydroxyl groups is 4. The van der Waals surface area contributed by atoms with Crippen LogP contribution in [0.4, 0.5) is 5.95 Å². The van der Waals surface area contributed by atoms with Crippen molar-refractivity contribution in [3.63, 3.8) is 0 Å². The minimum Gasteiger partial charge on any atom is -0.490 e. The molecule has 1 aromatic heterocycles. The SMILES string of the molecule is CCCOc1ccc(CNc2nc3ccccc3n2[C@@H]2O[C@H](CO)C(=O)C2=O)cc1OCCCNC(CO)(CO)CO. The standard InChI is InChI=1S/C29H38N4O9/c1-2-11-40-22-9-8-19(13-23(22)41-12-5-10-31-29(16-35,17-36)18-37)14-30-28-32-20-6-3-4-7-21(20)33(28)27-26(39)25(38)24(15-34)42-27/h3-4,6-9,13,24,27,31,34-37H,2,5,10-12,14-18H2,1H3,(H,30,32)/t24-,27-/m1/s1. The number of fused-ring (bicyclic) bond motifs is 1. The summed E-state index contributed by atoms with van der Waals surface area (Å²) in [6, 6.07) is 12.7. The molecule has 13 nitrogen and oxygen atoms in total. The predicted molar refractivity (Wildman–Crippen MR) is 152 cm³/mol. The fourth-order valence-corrected chi connectivity index (χ4v) is 4.48. The second kappa shape index (κ2) is 14.5. The summed E-state index contributed by atoms with van der Waals surface area (Å²) >= 11 is 0.